The number of anilines is 1. The normalized spacial score (nSPS) is 10.1. The lowest BCUT2D eigenvalue weighted by Gasteiger charge is -2.06. The summed E-state index contributed by atoms with van der Waals surface area (Å²) in [5.41, 5.74) is -0.320. The minimum Gasteiger partial charge on any atom is -0.391 e. The van der Waals surface area contributed by atoms with Crippen LogP contribution in [0, 0.1) is 11.6 Å². The lowest BCUT2D eigenvalue weighted by Crippen LogP contribution is -2.18. The van der Waals surface area contributed by atoms with Crippen LogP contribution in [0.15, 0.2) is 36.5 Å². The molecule has 1 N–H and O–H groups in total. The SMILES string of the molecule is O=C(Nc1cc(F)ccc1F)Oc1ccc(Cl)cn1. The fourth-order valence-corrected chi connectivity index (χ4v) is 1.36. The van der Waals surface area contributed by atoms with Gasteiger partial charge in [0.1, 0.15) is 11.6 Å². The molecular weight excluding hydrogens is 278 g/mol. The van der Waals surface area contributed by atoms with Gasteiger partial charge in [0.05, 0.1) is 10.7 Å². The number of pyridine rings is 1. The molecule has 19 heavy (non-hydrogen) atoms. The second-order valence-corrected chi connectivity index (χ2v) is 3.89. The van der Waals surface area contributed by atoms with Gasteiger partial charge in [-0.1, -0.05) is 11.6 Å². The number of aromatic nitrogens is 1. The number of amides is 1. The van der Waals surface area contributed by atoms with Crippen molar-refractivity contribution in [2.75, 3.05) is 5.32 Å². The van der Waals surface area contributed by atoms with Gasteiger partial charge in [0.2, 0.25) is 5.88 Å². The van der Waals surface area contributed by atoms with E-state index < -0.39 is 17.7 Å². The Morgan fingerprint density at radius 3 is 2.74 bits per heavy atom. The number of ether oxygens (including phenoxy) is 1. The monoisotopic (exact) mass is 284 g/mol. The highest BCUT2D eigenvalue weighted by Crippen LogP contribution is 2.16. The van der Waals surface area contributed by atoms with E-state index in [4.69, 9.17) is 16.3 Å². The summed E-state index contributed by atoms with van der Waals surface area (Å²) in [7, 11) is 0. The molecule has 1 aromatic carbocycles. The van der Waals surface area contributed by atoms with Crippen LogP contribution in [-0.4, -0.2) is 11.1 Å². The summed E-state index contributed by atoms with van der Waals surface area (Å²) in [5, 5.41) is 2.44. The van der Waals surface area contributed by atoms with Gasteiger partial charge in [0, 0.05) is 18.3 Å². The fraction of sp³-hybridized carbons (Fsp3) is 0. The molecule has 0 aliphatic rings. The van der Waals surface area contributed by atoms with E-state index in [1.807, 2.05) is 0 Å². The molecule has 2 rings (SSSR count). The molecular formula is C12H7ClF2N2O2. The van der Waals surface area contributed by atoms with Crippen LogP contribution in [0.5, 0.6) is 5.88 Å². The molecule has 0 aliphatic carbocycles. The standard InChI is InChI=1S/C12H7ClF2N2O2/c13-7-1-4-11(16-6-7)19-12(18)17-10-5-8(14)2-3-9(10)15/h1-6H,(H,17,18). The summed E-state index contributed by atoms with van der Waals surface area (Å²) in [5.74, 6) is -1.47. The average Bonchev–Trinajstić information content (AvgIpc) is 2.37. The van der Waals surface area contributed by atoms with Crippen LogP contribution in [0.1, 0.15) is 0 Å². The van der Waals surface area contributed by atoms with Crippen molar-refractivity contribution in [1.29, 1.82) is 0 Å². The maximum atomic E-state index is 13.3. The summed E-state index contributed by atoms with van der Waals surface area (Å²) >= 11 is 5.61. The van der Waals surface area contributed by atoms with E-state index in [0.29, 0.717) is 5.02 Å². The lowest BCUT2D eigenvalue weighted by molar-refractivity contribution is 0.213. The van der Waals surface area contributed by atoms with Crippen LogP contribution in [0.25, 0.3) is 0 Å². The van der Waals surface area contributed by atoms with Crippen LogP contribution in [0.3, 0.4) is 0 Å². The molecule has 1 amide bonds. The predicted molar refractivity (Wildman–Crippen MR) is 65.3 cm³/mol. The third-order valence-corrected chi connectivity index (χ3v) is 2.29. The first-order valence-corrected chi connectivity index (χ1v) is 5.48. The van der Waals surface area contributed by atoms with E-state index in [1.165, 1.54) is 18.3 Å². The fourth-order valence-electron chi connectivity index (χ4n) is 1.25. The maximum absolute atomic E-state index is 13.3. The molecule has 0 atom stereocenters. The minimum atomic E-state index is -0.987. The molecule has 98 valence electrons. The van der Waals surface area contributed by atoms with Crippen molar-refractivity contribution in [3.63, 3.8) is 0 Å². The number of nitrogens with zero attached hydrogens (tertiary/aromatic N) is 1. The van der Waals surface area contributed by atoms with Crippen LogP contribution in [-0.2, 0) is 0 Å². The Morgan fingerprint density at radius 1 is 1.26 bits per heavy atom. The Bertz CT molecular complexity index is 605. The zero-order chi connectivity index (χ0) is 13.8. The van der Waals surface area contributed by atoms with Gasteiger partial charge in [0.15, 0.2) is 0 Å². The summed E-state index contributed by atoms with van der Waals surface area (Å²) in [6.45, 7) is 0. The lowest BCUT2D eigenvalue weighted by atomic mass is 10.3. The molecule has 2 aromatic rings. The van der Waals surface area contributed by atoms with Gasteiger partial charge in [-0.25, -0.2) is 18.6 Å². The van der Waals surface area contributed by atoms with Crippen LogP contribution in [0.2, 0.25) is 5.02 Å². The highest BCUT2D eigenvalue weighted by molar-refractivity contribution is 6.30. The number of nitrogens with one attached hydrogen (secondary N) is 1. The molecule has 4 nitrogen and oxygen atoms in total. The molecule has 0 fully saturated rings. The molecule has 0 bridgehead atoms. The van der Waals surface area contributed by atoms with E-state index >= 15 is 0 Å². The number of carbonyl (C=O) groups excluding carboxylic acids is 1. The van der Waals surface area contributed by atoms with Gasteiger partial charge in [-0.05, 0) is 18.2 Å². The summed E-state index contributed by atoms with van der Waals surface area (Å²) in [6.07, 6.45) is 0.298. The molecule has 1 heterocycles. The Hall–Kier alpha value is -2.21. The van der Waals surface area contributed by atoms with Crippen molar-refractivity contribution >= 4 is 23.4 Å². The Kier molecular flexibility index (Phi) is 3.91. The van der Waals surface area contributed by atoms with Crippen molar-refractivity contribution in [1.82, 2.24) is 4.98 Å². The Labute approximate surface area is 112 Å². The number of benzene rings is 1. The van der Waals surface area contributed by atoms with Crippen molar-refractivity contribution in [3.05, 3.63) is 53.2 Å². The van der Waals surface area contributed by atoms with Gasteiger partial charge < -0.3 is 4.74 Å². The average molecular weight is 285 g/mol. The molecule has 0 unspecified atom stereocenters. The third kappa shape index (κ3) is 3.62. The van der Waals surface area contributed by atoms with Gasteiger partial charge in [0.25, 0.3) is 0 Å². The van der Waals surface area contributed by atoms with Gasteiger partial charge in [-0.2, -0.15) is 0 Å². The first kappa shape index (κ1) is 13.2. The molecule has 0 radical (unpaired) electrons. The molecule has 0 saturated heterocycles. The first-order chi connectivity index (χ1) is 9.04. The number of hydrogen-bond acceptors (Lipinski definition) is 3. The van der Waals surface area contributed by atoms with Crippen LogP contribution >= 0.6 is 11.6 Å². The summed E-state index contributed by atoms with van der Waals surface area (Å²) in [6, 6.07) is 5.51. The second-order valence-electron chi connectivity index (χ2n) is 3.45. The smallest absolute Gasteiger partial charge is 0.391 e. The zero-order valence-corrected chi connectivity index (χ0v) is 10.1. The van der Waals surface area contributed by atoms with Crippen molar-refractivity contribution in [3.8, 4) is 5.88 Å². The van der Waals surface area contributed by atoms with Crippen molar-refractivity contribution < 1.29 is 18.3 Å². The second kappa shape index (κ2) is 5.62. The van der Waals surface area contributed by atoms with Gasteiger partial charge in [-0.3, -0.25) is 5.32 Å². The zero-order valence-electron chi connectivity index (χ0n) is 9.36. The number of carbonyl (C=O) groups is 1. The van der Waals surface area contributed by atoms with Crippen molar-refractivity contribution in [2.45, 2.75) is 0 Å². The molecule has 0 aliphatic heterocycles. The number of rotatable bonds is 2. The highest BCUT2D eigenvalue weighted by Gasteiger charge is 2.10. The van der Waals surface area contributed by atoms with Crippen LogP contribution in [0.4, 0.5) is 19.3 Å². The number of hydrogen-bond donors (Lipinski definition) is 1. The maximum Gasteiger partial charge on any atom is 0.418 e. The highest BCUT2D eigenvalue weighted by atomic mass is 35.5. The summed E-state index contributed by atoms with van der Waals surface area (Å²) < 4.78 is 30.9. The molecule has 0 saturated carbocycles. The van der Waals surface area contributed by atoms with E-state index in [-0.39, 0.29) is 11.6 Å². The van der Waals surface area contributed by atoms with Gasteiger partial charge >= 0.3 is 6.09 Å². The van der Waals surface area contributed by atoms with Crippen molar-refractivity contribution in [2.24, 2.45) is 0 Å². The van der Waals surface area contributed by atoms with E-state index in [2.05, 4.69) is 10.3 Å². The number of halogens is 3. The summed E-state index contributed by atoms with van der Waals surface area (Å²) in [4.78, 5) is 15.2. The molecule has 7 heteroatoms. The molecule has 1 aromatic heterocycles. The van der Waals surface area contributed by atoms with E-state index in [0.717, 1.165) is 18.2 Å². The van der Waals surface area contributed by atoms with E-state index in [9.17, 15) is 13.6 Å². The van der Waals surface area contributed by atoms with E-state index in [1.54, 1.807) is 0 Å². The molecule has 0 spiro atoms. The predicted octanol–water partition coefficient (Wildman–Crippen LogP) is 3.62. The van der Waals surface area contributed by atoms with Crippen LogP contribution < -0.4 is 10.1 Å². The quantitative estimate of drug-likeness (QED) is 0.916. The largest absolute Gasteiger partial charge is 0.418 e. The minimum absolute atomic E-state index is 0.0151. The Morgan fingerprint density at radius 2 is 2.05 bits per heavy atom. The van der Waals surface area contributed by atoms with Gasteiger partial charge in [-0.15, -0.1) is 0 Å². The third-order valence-electron chi connectivity index (χ3n) is 2.06. The topological polar surface area (TPSA) is 51.2 Å². The Balaban J connectivity index is 2.05. The first-order valence-electron chi connectivity index (χ1n) is 5.10.